The molecule has 0 bridgehead atoms. The molecule has 8 heteroatoms. The second-order valence-corrected chi connectivity index (χ2v) is 8.22. The van der Waals surface area contributed by atoms with E-state index in [0.717, 1.165) is 17.1 Å². The SMILES string of the molecule is Cc1n[nH]c(C)c1N1CCN(S(=O)(=O)c2cccs2)CC1. The number of hydrogen-bond donors (Lipinski definition) is 1. The molecule has 0 unspecified atom stereocenters. The quantitative estimate of drug-likeness (QED) is 0.930. The first kappa shape index (κ1) is 14.6. The van der Waals surface area contributed by atoms with Crippen LogP contribution in [0, 0.1) is 13.8 Å². The summed E-state index contributed by atoms with van der Waals surface area (Å²) in [6, 6.07) is 3.43. The van der Waals surface area contributed by atoms with E-state index in [1.54, 1.807) is 21.8 Å². The number of hydrogen-bond acceptors (Lipinski definition) is 5. The summed E-state index contributed by atoms with van der Waals surface area (Å²) in [5.41, 5.74) is 3.09. The van der Waals surface area contributed by atoms with Gasteiger partial charge in [0.1, 0.15) is 4.21 Å². The molecule has 2 aromatic heterocycles. The van der Waals surface area contributed by atoms with Crippen LogP contribution in [0.4, 0.5) is 5.69 Å². The summed E-state index contributed by atoms with van der Waals surface area (Å²) in [6.07, 6.45) is 0. The summed E-state index contributed by atoms with van der Waals surface area (Å²) in [5, 5.41) is 8.97. The van der Waals surface area contributed by atoms with Gasteiger partial charge in [0.2, 0.25) is 0 Å². The highest BCUT2D eigenvalue weighted by atomic mass is 32.2. The van der Waals surface area contributed by atoms with Gasteiger partial charge in [-0.3, -0.25) is 5.10 Å². The number of sulfonamides is 1. The summed E-state index contributed by atoms with van der Waals surface area (Å²) in [6.45, 7) is 6.34. The van der Waals surface area contributed by atoms with Crippen LogP contribution < -0.4 is 4.90 Å². The van der Waals surface area contributed by atoms with Crippen LogP contribution in [-0.2, 0) is 10.0 Å². The van der Waals surface area contributed by atoms with Crippen molar-refractivity contribution in [3.05, 3.63) is 28.9 Å². The van der Waals surface area contributed by atoms with Crippen LogP contribution in [0.5, 0.6) is 0 Å². The number of aryl methyl sites for hydroxylation is 2. The lowest BCUT2D eigenvalue weighted by Gasteiger charge is -2.35. The Labute approximate surface area is 128 Å². The molecule has 0 saturated carbocycles. The molecule has 6 nitrogen and oxygen atoms in total. The number of piperazine rings is 1. The highest BCUT2D eigenvalue weighted by Gasteiger charge is 2.30. The van der Waals surface area contributed by atoms with Crippen molar-refractivity contribution in [1.82, 2.24) is 14.5 Å². The molecule has 0 amide bonds. The average Bonchev–Trinajstić information content (AvgIpc) is 3.10. The number of rotatable bonds is 3. The maximum absolute atomic E-state index is 12.5. The van der Waals surface area contributed by atoms with Gasteiger partial charge in [-0.2, -0.15) is 9.40 Å². The molecule has 0 aromatic carbocycles. The predicted octanol–water partition coefficient (Wildman–Crippen LogP) is 1.60. The van der Waals surface area contributed by atoms with Crippen LogP contribution in [0.3, 0.4) is 0 Å². The molecule has 1 fully saturated rings. The van der Waals surface area contributed by atoms with Gasteiger partial charge >= 0.3 is 0 Å². The maximum atomic E-state index is 12.5. The molecule has 1 aliphatic heterocycles. The zero-order valence-electron chi connectivity index (χ0n) is 12.0. The van der Waals surface area contributed by atoms with Crippen LogP contribution in [0.15, 0.2) is 21.7 Å². The Hall–Kier alpha value is -1.38. The van der Waals surface area contributed by atoms with Gasteiger partial charge < -0.3 is 4.90 Å². The van der Waals surface area contributed by atoms with Crippen molar-refractivity contribution in [3.63, 3.8) is 0 Å². The highest BCUT2D eigenvalue weighted by molar-refractivity contribution is 7.91. The van der Waals surface area contributed by atoms with Crippen LogP contribution >= 0.6 is 11.3 Å². The van der Waals surface area contributed by atoms with Crippen molar-refractivity contribution < 1.29 is 8.42 Å². The number of nitrogens with zero attached hydrogens (tertiary/aromatic N) is 3. The van der Waals surface area contributed by atoms with Crippen molar-refractivity contribution >= 4 is 27.0 Å². The van der Waals surface area contributed by atoms with E-state index in [-0.39, 0.29) is 0 Å². The number of nitrogens with one attached hydrogen (secondary N) is 1. The molecule has 0 spiro atoms. The lowest BCUT2D eigenvalue weighted by Crippen LogP contribution is -2.48. The fourth-order valence-corrected chi connectivity index (χ4v) is 5.27. The van der Waals surface area contributed by atoms with Crippen LogP contribution in [-0.4, -0.2) is 49.1 Å². The second kappa shape index (κ2) is 5.43. The Bertz CT molecular complexity index is 694. The molecular weight excluding hydrogens is 308 g/mol. The Morgan fingerprint density at radius 1 is 1.24 bits per heavy atom. The first-order valence-electron chi connectivity index (χ1n) is 6.80. The second-order valence-electron chi connectivity index (χ2n) is 5.11. The van der Waals surface area contributed by atoms with E-state index in [0.29, 0.717) is 30.4 Å². The smallest absolute Gasteiger partial charge is 0.252 e. The molecule has 21 heavy (non-hydrogen) atoms. The van der Waals surface area contributed by atoms with E-state index in [1.807, 2.05) is 13.8 Å². The van der Waals surface area contributed by atoms with Crippen LogP contribution in [0.25, 0.3) is 0 Å². The summed E-state index contributed by atoms with van der Waals surface area (Å²) in [7, 11) is -3.33. The van der Waals surface area contributed by atoms with E-state index in [4.69, 9.17) is 0 Å². The fraction of sp³-hybridized carbons (Fsp3) is 0.462. The topological polar surface area (TPSA) is 69.3 Å². The van der Waals surface area contributed by atoms with Gasteiger partial charge in [-0.15, -0.1) is 11.3 Å². The molecule has 0 atom stereocenters. The Balaban J connectivity index is 1.74. The zero-order chi connectivity index (χ0) is 15.0. The van der Waals surface area contributed by atoms with Crippen molar-refractivity contribution in [2.45, 2.75) is 18.1 Å². The molecule has 0 aliphatic carbocycles. The Kier molecular flexibility index (Phi) is 3.76. The molecule has 114 valence electrons. The normalized spacial score (nSPS) is 17.3. The lowest BCUT2D eigenvalue weighted by molar-refractivity contribution is 0.385. The number of H-pyrrole nitrogens is 1. The molecule has 2 aromatic rings. The molecule has 3 rings (SSSR count). The molecule has 0 radical (unpaired) electrons. The minimum absolute atomic E-state index is 0.423. The van der Waals surface area contributed by atoms with E-state index in [9.17, 15) is 8.42 Å². The first-order chi connectivity index (χ1) is 10.00. The largest absolute Gasteiger partial charge is 0.366 e. The van der Waals surface area contributed by atoms with Gasteiger partial charge in [-0.05, 0) is 25.3 Å². The fourth-order valence-electron chi connectivity index (χ4n) is 2.70. The van der Waals surface area contributed by atoms with Crippen molar-refractivity contribution in [2.24, 2.45) is 0 Å². The van der Waals surface area contributed by atoms with Gasteiger partial charge in [0.25, 0.3) is 10.0 Å². The van der Waals surface area contributed by atoms with Gasteiger partial charge in [0.15, 0.2) is 0 Å². The van der Waals surface area contributed by atoms with Gasteiger partial charge in [0.05, 0.1) is 17.1 Å². The number of aromatic nitrogens is 2. The van der Waals surface area contributed by atoms with E-state index in [1.165, 1.54) is 11.3 Å². The minimum Gasteiger partial charge on any atom is -0.366 e. The van der Waals surface area contributed by atoms with E-state index >= 15 is 0 Å². The summed E-state index contributed by atoms with van der Waals surface area (Å²) in [4.78, 5) is 2.20. The first-order valence-corrected chi connectivity index (χ1v) is 9.12. The maximum Gasteiger partial charge on any atom is 0.252 e. The van der Waals surface area contributed by atoms with E-state index < -0.39 is 10.0 Å². The monoisotopic (exact) mass is 326 g/mol. The summed E-state index contributed by atoms with van der Waals surface area (Å²) >= 11 is 1.27. The molecule has 3 heterocycles. The lowest BCUT2D eigenvalue weighted by atomic mass is 10.2. The molecular formula is C13H18N4O2S2. The van der Waals surface area contributed by atoms with E-state index in [2.05, 4.69) is 15.1 Å². The number of anilines is 1. The Morgan fingerprint density at radius 3 is 2.48 bits per heavy atom. The Morgan fingerprint density at radius 2 is 1.95 bits per heavy atom. The third-order valence-corrected chi connectivity index (χ3v) is 7.00. The summed E-state index contributed by atoms with van der Waals surface area (Å²) < 4.78 is 26.9. The third-order valence-electron chi connectivity index (χ3n) is 3.73. The van der Waals surface area contributed by atoms with Crippen LogP contribution in [0.2, 0.25) is 0 Å². The number of aromatic amines is 1. The zero-order valence-corrected chi connectivity index (χ0v) is 13.7. The van der Waals surface area contributed by atoms with Crippen LogP contribution in [0.1, 0.15) is 11.4 Å². The van der Waals surface area contributed by atoms with Crippen molar-refractivity contribution in [2.75, 3.05) is 31.1 Å². The predicted molar refractivity (Wildman–Crippen MR) is 83.4 cm³/mol. The molecule has 1 saturated heterocycles. The molecule has 1 N–H and O–H groups in total. The van der Waals surface area contributed by atoms with Gasteiger partial charge in [0, 0.05) is 26.2 Å². The number of thiophene rings is 1. The minimum atomic E-state index is -3.33. The average molecular weight is 326 g/mol. The van der Waals surface area contributed by atoms with Gasteiger partial charge in [-0.1, -0.05) is 6.07 Å². The van der Waals surface area contributed by atoms with Gasteiger partial charge in [-0.25, -0.2) is 8.42 Å². The summed E-state index contributed by atoms with van der Waals surface area (Å²) in [5.74, 6) is 0. The van der Waals surface area contributed by atoms with Crippen molar-refractivity contribution in [3.8, 4) is 0 Å². The third kappa shape index (κ3) is 2.58. The van der Waals surface area contributed by atoms with Crippen molar-refractivity contribution in [1.29, 1.82) is 0 Å². The standard InChI is InChI=1S/C13H18N4O2S2/c1-10-13(11(2)15-14-10)16-5-7-17(8-6-16)21(18,19)12-4-3-9-20-12/h3-4,9H,5-8H2,1-2H3,(H,14,15). The molecule has 1 aliphatic rings. The highest BCUT2D eigenvalue weighted by Crippen LogP contribution is 2.26.